The van der Waals surface area contributed by atoms with Gasteiger partial charge in [0.1, 0.15) is 10.7 Å². The van der Waals surface area contributed by atoms with Crippen molar-refractivity contribution in [3.63, 3.8) is 0 Å². The van der Waals surface area contributed by atoms with Crippen molar-refractivity contribution in [1.29, 1.82) is 0 Å². The molecule has 3 aromatic heterocycles. The third-order valence-electron chi connectivity index (χ3n) is 3.89. The lowest BCUT2D eigenvalue weighted by Crippen LogP contribution is -2.26. The highest BCUT2D eigenvalue weighted by atomic mass is 32.1. The molecule has 4 rings (SSSR count). The number of hydrogen-bond acceptors (Lipinski definition) is 7. The fourth-order valence-corrected chi connectivity index (χ4v) is 3.51. The van der Waals surface area contributed by atoms with Crippen LogP contribution in [0, 0.1) is 0 Å². The summed E-state index contributed by atoms with van der Waals surface area (Å²) in [4.78, 5) is 13.5. The third-order valence-corrected chi connectivity index (χ3v) is 4.75. The zero-order valence-electron chi connectivity index (χ0n) is 15.6. The van der Waals surface area contributed by atoms with Crippen LogP contribution in [0.2, 0.25) is 0 Å². The third kappa shape index (κ3) is 4.41. The monoisotopic (exact) mass is 392 g/mol. The van der Waals surface area contributed by atoms with E-state index in [9.17, 15) is 5.11 Å². The van der Waals surface area contributed by atoms with Gasteiger partial charge in [-0.2, -0.15) is 5.10 Å². The van der Waals surface area contributed by atoms with E-state index < -0.39 is 5.60 Å². The van der Waals surface area contributed by atoms with E-state index in [1.54, 1.807) is 42.3 Å². The van der Waals surface area contributed by atoms with E-state index in [-0.39, 0.29) is 0 Å². The van der Waals surface area contributed by atoms with Crippen molar-refractivity contribution < 1.29 is 5.11 Å². The summed E-state index contributed by atoms with van der Waals surface area (Å²) in [5, 5.41) is 20.2. The number of hydrogen-bond donors (Lipinski definition) is 2. The first-order valence-corrected chi connectivity index (χ1v) is 9.70. The van der Waals surface area contributed by atoms with Gasteiger partial charge in [-0.1, -0.05) is 30.3 Å². The van der Waals surface area contributed by atoms with E-state index >= 15 is 0 Å². The Hall–Kier alpha value is -3.10. The number of benzene rings is 1. The van der Waals surface area contributed by atoms with Gasteiger partial charge in [0.05, 0.1) is 29.7 Å². The number of thiazole rings is 1. The highest BCUT2D eigenvalue weighted by Crippen LogP contribution is 2.28. The Morgan fingerprint density at radius 3 is 2.71 bits per heavy atom. The minimum Gasteiger partial charge on any atom is -0.389 e. The molecule has 0 aliphatic carbocycles. The van der Waals surface area contributed by atoms with E-state index in [1.165, 1.54) is 0 Å². The van der Waals surface area contributed by atoms with Crippen LogP contribution in [0.25, 0.3) is 22.0 Å². The lowest BCUT2D eigenvalue weighted by Gasteiger charge is -2.16. The molecule has 0 fully saturated rings. The quantitative estimate of drug-likeness (QED) is 0.516. The zero-order chi connectivity index (χ0) is 19.6. The number of rotatable bonds is 6. The van der Waals surface area contributed by atoms with Gasteiger partial charge in [0.2, 0.25) is 5.95 Å². The molecule has 0 bridgehead atoms. The molecule has 1 aromatic carbocycles. The lowest BCUT2D eigenvalue weighted by molar-refractivity contribution is 0.0578. The summed E-state index contributed by atoms with van der Waals surface area (Å²) in [6.07, 6.45) is 5.19. The van der Waals surface area contributed by atoms with E-state index in [2.05, 4.69) is 20.4 Å². The van der Waals surface area contributed by atoms with Gasteiger partial charge in [0, 0.05) is 23.3 Å². The summed E-state index contributed by atoms with van der Waals surface area (Å²) in [5.41, 5.74) is 2.69. The van der Waals surface area contributed by atoms with Crippen LogP contribution in [0.3, 0.4) is 0 Å². The van der Waals surface area contributed by atoms with Crippen molar-refractivity contribution in [2.75, 3.05) is 5.32 Å². The zero-order valence-corrected chi connectivity index (χ0v) is 16.4. The van der Waals surface area contributed by atoms with Crippen molar-refractivity contribution in [2.45, 2.75) is 26.0 Å². The molecule has 2 N–H and O–H groups in total. The normalized spacial score (nSPS) is 11.5. The smallest absolute Gasteiger partial charge is 0.227 e. The van der Waals surface area contributed by atoms with Crippen LogP contribution in [0.1, 0.15) is 13.8 Å². The van der Waals surface area contributed by atoms with Crippen molar-refractivity contribution in [3.8, 4) is 22.0 Å². The second kappa shape index (κ2) is 7.49. The van der Waals surface area contributed by atoms with Crippen molar-refractivity contribution >= 4 is 23.0 Å². The molecule has 3 heterocycles. The molecular formula is C20H20N6OS. The Morgan fingerprint density at radius 1 is 1.11 bits per heavy atom. The average Bonchev–Trinajstić information content (AvgIpc) is 3.31. The first-order chi connectivity index (χ1) is 13.5. The van der Waals surface area contributed by atoms with Gasteiger partial charge in [-0.25, -0.2) is 15.0 Å². The van der Waals surface area contributed by atoms with Crippen molar-refractivity contribution in [2.24, 2.45) is 0 Å². The maximum atomic E-state index is 9.91. The maximum Gasteiger partial charge on any atom is 0.227 e. The molecule has 0 radical (unpaired) electrons. The Balaban J connectivity index is 1.52. The van der Waals surface area contributed by atoms with Crippen LogP contribution in [0.15, 0.2) is 60.4 Å². The fourth-order valence-electron chi connectivity index (χ4n) is 2.71. The van der Waals surface area contributed by atoms with Gasteiger partial charge in [0.15, 0.2) is 0 Å². The lowest BCUT2D eigenvalue weighted by atomic mass is 10.1. The van der Waals surface area contributed by atoms with E-state index in [0.717, 1.165) is 27.6 Å². The van der Waals surface area contributed by atoms with Gasteiger partial charge in [-0.3, -0.25) is 4.68 Å². The molecule has 8 heteroatoms. The predicted octanol–water partition coefficient (Wildman–Crippen LogP) is 3.98. The van der Waals surface area contributed by atoms with Crippen LogP contribution >= 0.6 is 11.3 Å². The number of aromatic nitrogens is 5. The summed E-state index contributed by atoms with van der Waals surface area (Å²) in [7, 11) is 0. The van der Waals surface area contributed by atoms with Crippen molar-refractivity contribution in [3.05, 3.63) is 60.4 Å². The molecule has 0 saturated heterocycles. The Bertz CT molecular complexity index is 1070. The molecule has 0 spiro atoms. The second-order valence-electron chi connectivity index (χ2n) is 7.03. The maximum absolute atomic E-state index is 9.91. The molecule has 4 aromatic rings. The van der Waals surface area contributed by atoms with E-state index in [0.29, 0.717) is 12.5 Å². The van der Waals surface area contributed by atoms with Crippen LogP contribution in [0.5, 0.6) is 0 Å². The first-order valence-electron chi connectivity index (χ1n) is 8.82. The van der Waals surface area contributed by atoms with Crippen LogP contribution in [-0.2, 0) is 6.54 Å². The van der Waals surface area contributed by atoms with Crippen molar-refractivity contribution in [1.82, 2.24) is 24.7 Å². The van der Waals surface area contributed by atoms with Crippen LogP contribution in [0.4, 0.5) is 11.6 Å². The number of nitrogens with one attached hydrogen (secondary N) is 1. The molecule has 28 heavy (non-hydrogen) atoms. The standard InChI is InChI=1S/C20H20N6OS/c1-20(2,27)13-26-11-15(10-22-26)23-19-21-9-8-16(25-19)18-24-17(12-28-18)14-6-4-3-5-7-14/h3-12,27H,13H2,1-2H3,(H,21,23,25). The highest BCUT2D eigenvalue weighted by Gasteiger charge is 2.14. The second-order valence-corrected chi connectivity index (χ2v) is 7.89. The first kappa shape index (κ1) is 18.3. The summed E-state index contributed by atoms with van der Waals surface area (Å²) in [5.74, 6) is 0.469. The van der Waals surface area contributed by atoms with Gasteiger partial charge < -0.3 is 10.4 Å². The molecule has 0 amide bonds. The van der Waals surface area contributed by atoms with Gasteiger partial charge in [-0.05, 0) is 19.9 Å². The summed E-state index contributed by atoms with van der Waals surface area (Å²) >= 11 is 1.55. The Labute approximate surface area is 166 Å². The molecule has 0 aliphatic heterocycles. The number of nitrogens with zero attached hydrogens (tertiary/aromatic N) is 5. The van der Waals surface area contributed by atoms with Gasteiger partial charge in [-0.15, -0.1) is 11.3 Å². The van der Waals surface area contributed by atoms with Crippen LogP contribution in [-0.4, -0.2) is 35.4 Å². The van der Waals surface area contributed by atoms with Crippen LogP contribution < -0.4 is 5.32 Å². The predicted molar refractivity (Wildman–Crippen MR) is 110 cm³/mol. The molecule has 142 valence electrons. The molecule has 0 aliphatic rings. The number of anilines is 2. The minimum absolute atomic E-state index is 0.400. The van der Waals surface area contributed by atoms with Gasteiger partial charge >= 0.3 is 0 Å². The topological polar surface area (TPSA) is 88.8 Å². The average molecular weight is 392 g/mol. The molecular weight excluding hydrogens is 372 g/mol. The minimum atomic E-state index is -0.832. The van der Waals surface area contributed by atoms with Gasteiger partial charge in [0.25, 0.3) is 0 Å². The van der Waals surface area contributed by atoms with E-state index in [1.807, 2.05) is 48.0 Å². The largest absolute Gasteiger partial charge is 0.389 e. The Morgan fingerprint density at radius 2 is 1.93 bits per heavy atom. The summed E-state index contributed by atoms with van der Waals surface area (Å²) in [6.45, 7) is 3.88. The van der Waals surface area contributed by atoms with E-state index in [4.69, 9.17) is 4.98 Å². The Kier molecular flexibility index (Phi) is 4.89. The fraction of sp³-hybridized carbons (Fsp3) is 0.200. The summed E-state index contributed by atoms with van der Waals surface area (Å²) < 4.78 is 1.68. The summed E-state index contributed by atoms with van der Waals surface area (Å²) in [6, 6.07) is 11.9. The molecule has 0 saturated carbocycles. The number of aliphatic hydroxyl groups is 1. The highest BCUT2D eigenvalue weighted by molar-refractivity contribution is 7.13. The molecule has 7 nitrogen and oxygen atoms in total. The SMILES string of the molecule is CC(C)(O)Cn1cc(Nc2nccc(-c3nc(-c4ccccc4)cs3)n2)cn1. The molecule has 0 atom stereocenters. The molecule has 0 unspecified atom stereocenters.